The van der Waals surface area contributed by atoms with Gasteiger partial charge < -0.3 is 19.5 Å². The molecule has 0 saturated heterocycles. The molecular formula is C17H28N2O6S. The summed E-state index contributed by atoms with van der Waals surface area (Å²) in [5, 5.41) is 2.72. The van der Waals surface area contributed by atoms with E-state index >= 15 is 0 Å². The van der Waals surface area contributed by atoms with Gasteiger partial charge in [-0.15, -0.1) is 0 Å². The molecule has 0 aliphatic heterocycles. The summed E-state index contributed by atoms with van der Waals surface area (Å²) in [5.41, 5.74) is -0.258. The number of sulfonamides is 1. The van der Waals surface area contributed by atoms with Gasteiger partial charge in [-0.3, -0.25) is 4.79 Å². The number of nitrogens with zero attached hydrogens (tertiary/aromatic N) is 1. The maximum atomic E-state index is 12.4. The van der Waals surface area contributed by atoms with Crippen LogP contribution in [0.25, 0.3) is 0 Å². The summed E-state index contributed by atoms with van der Waals surface area (Å²) >= 11 is 0. The second kappa shape index (κ2) is 8.59. The molecule has 9 heteroatoms. The third kappa shape index (κ3) is 5.50. The van der Waals surface area contributed by atoms with Crippen molar-refractivity contribution >= 4 is 15.9 Å². The van der Waals surface area contributed by atoms with Gasteiger partial charge in [-0.05, 0) is 32.9 Å². The Kier molecular flexibility index (Phi) is 7.28. The summed E-state index contributed by atoms with van der Waals surface area (Å²) in [6.07, 6.45) is 1.15. The van der Waals surface area contributed by atoms with Crippen LogP contribution in [0.1, 0.15) is 31.1 Å². The van der Waals surface area contributed by atoms with Crippen molar-refractivity contribution in [1.29, 1.82) is 0 Å². The van der Waals surface area contributed by atoms with Crippen LogP contribution in [0.5, 0.6) is 17.2 Å². The monoisotopic (exact) mass is 388 g/mol. The van der Waals surface area contributed by atoms with Crippen molar-refractivity contribution in [3.63, 3.8) is 0 Å². The minimum absolute atomic E-state index is 0.165. The number of carbonyl (C=O) groups is 1. The average molecular weight is 388 g/mol. The number of ether oxygens (including phenoxy) is 3. The SMILES string of the molecule is COc1cc(C(=O)NCCN(C(C)(C)C)S(C)(=O)=O)cc(OC)c1OC. The first-order valence-corrected chi connectivity index (χ1v) is 9.86. The van der Waals surface area contributed by atoms with Gasteiger partial charge in [-0.1, -0.05) is 0 Å². The molecule has 0 bridgehead atoms. The van der Waals surface area contributed by atoms with Gasteiger partial charge in [-0.25, -0.2) is 8.42 Å². The van der Waals surface area contributed by atoms with Gasteiger partial charge >= 0.3 is 0 Å². The predicted octanol–water partition coefficient (Wildman–Crippen LogP) is 1.50. The van der Waals surface area contributed by atoms with Crippen LogP contribution in [0.15, 0.2) is 12.1 Å². The van der Waals surface area contributed by atoms with Crippen LogP contribution in [0.3, 0.4) is 0 Å². The second-order valence-electron chi connectivity index (χ2n) is 6.68. The van der Waals surface area contributed by atoms with E-state index in [9.17, 15) is 13.2 Å². The van der Waals surface area contributed by atoms with Crippen molar-refractivity contribution in [3.8, 4) is 17.2 Å². The molecule has 26 heavy (non-hydrogen) atoms. The molecule has 0 atom stereocenters. The Morgan fingerprint density at radius 3 is 1.92 bits per heavy atom. The number of carbonyl (C=O) groups excluding carboxylic acids is 1. The summed E-state index contributed by atoms with van der Waals surface area (Å²) in [5.74, 6) is 0.753. The lowest BCUT2D eigenvalue weighted by Crippen LogP contribution is -2.48. The Bertz CT molecular complexity index is 715. The largest absolute Gasteiger partial charge is 0.493 e. The molecule has 8 nitrogen and oxygen atoms in total. The van der Waals surface area contributed by atoms with Gasteiger partial charge in [0, 0.05) is 24.2 Å². The predicted molar refractivity (Wildman–Crippen MR) is 99.7 cm³/mol. The summed E-state index contributed by atoms with van der Waals surface area (Å²) in [6.45, 7) is 5.73. The number of hydrogen-bond acceptors (Lipinski definition) is 6. The van der Waals surface area contributed by atoms with E-state index in [0.29, 0.717) is 22.8 Å². The van der Waals surface area contributed by atoms with E-state index < -0.39 is 15.6 Å². The Hall–Kier alpha value is -2.00. The summed E-state index contributed by atoms with van der Waals surface area (Å²) in [4.78, 5) is 12.4. The molecule has 148 valence electrons. The van der Waals surface area contributed by atoms with E-state index in [1.165, 1.54) is 37.8 Å². The number of nitrogens with one attached hydrogen (secondary N) is 1. The molecule has 0 saturated carbocycles. The van der Waals surface area contributed by atoms with Crippen LogP contribution < -0.4 is 19.5 Å². The first kappa shape index (κ1) is 22.0. The number of benzene rings is 1. The topological polar surface area (TPSA) is 94.2 Å². The third-order valence-electron chi connectivity index (χ3n) is 3.68. The van der Waals surface area contributed by atoms with Crippen LogP contribution in [-0.4, -0.2) is 64.8 Å². The van der Waals surface area contributed by atoms with E-state index in [1.54, 1.807) is 20.8 Å². The van der Waals surface area contributed by atoms with Crippen LogP contribution in [0, 0.1) is 0 Å². The van der Waals surface area contributed by atoms with Crippen molar-refractivity contribution in [1.82, 2.24) is 9.62 Å². The molecule has 0 aliphatic carbocycles. The highest BCUT2D eigenvalue weighted by molar-refractivity contribution is 7.88. The lowest BCUT2D eigenvalue weighted by molar-refractivity contribution is 0.0947. The van der Waals surface area contributed by atoms with Gasteiger partial charge in [0.05, 0.1) is 27.6 Å². The smallest absolute Gasteiger partial charge is 0.251 e. The number of amides is 1. The van der Waals surface area contributed by atoms with Gasteiger partial charge in [0.1, 0.15) is 0 Å². The normalized spacial score (nSPS) is 12.0. The van der Waals surface area contributed by atoms with E-state index in [2.05, 4.69) is 5.32 Å². The third-order valence-corrected chi connectivity index (χ3v) is 5.21. The first-order valence-electron chi connectivity index (χ1n) is 8.01. The lowest BCUT2D eigenvalue weighted by atomic mass is 10.1. The molecule has 0 aromatic heterocycles. The number of hydrogen-bond donors (Lipinski definition) is 1. The molecule has 1 N–H and O–H groups in total. The Labute approximate surface area is 155 Å². The van der Waals surface area contributed by atoms with Gasteiger partial charge in [-0.2, -0.15) is 4.31 Å². The maximum Gasteiger partial charge on any atom is 0.251 e. The van der Waals surface area contributed by atoms with Crippen molar-refractivity contribution in [2.24, 2.45) is 0 Å². The zero-order valence-electron chi connectivity index (χ0n) is 16.4. The maximum absolute atomic E-state index is 12.4. The molecule has 1 amide bonds. The van der Waals surface area contributed by atoms with Crippen molar-refractivity contribution in [2.45, 2.75) is 26.3 Å². The average Bonchev–Trinajstić information content (AvgIpc) is 2.54. The quantitative estimate of drug-likeness (QED) is 0.725. The highest BCUT2D eigenvalue weighted by Crippen LogP contribution is 2.38. The molecule has 0 unspecified atom stereocenters. The summed E-state index contributed by atoms with van der Waals surface area (Å²) in [6, 6.07) is 3.07. The van der Waals surface area contributed by atoms with E-state index in [4.69, 9.17) is 14.2 Å². The number of methoxy groups -OCH3 is 3. The Morgan fingerprint density at radius 2 is 1.58 bits per heavy atom. The Balaban J connectivity index is 2.92. The highest BCUT2D eigenvalue weighted by Gasteiger charge is 2.29. The molecular weight excluding hydrogens is 360 g/mol. The van der Waals surface area contributed by atoms with Crippen LogP contribution in [0.2, 0.25) is 0 Å². The molecule has 0 radical (unpaired) electrons. The minimum Gasteiger partial charge on any atom is -0.493 e. The fourth-order valence-corrected chi connectivity index (χ4v) is 4.00. The molecule has 0 heterocycles. The molecule has 1 aromatic rings. The van der Waals surface area contributed by atoms with Gasteiger partial charge in [0.2, 0.25) is 15.8 Å². The van der Waals surface area contributed by atoms with Crippen LogP contribution >= 0.6 is 0 Å². The standard InChI is InChI=1S/C17H28N2O6S/c1-17(2,3)19(26(7,21)22)9-8-18-16(20)12-10-13(23-4)15(25-6)14(11-12)24-5/h10-11H,8-9H2,1-7H3,(H,18,20). The molecule has 0 aliphatic rings. The van der Waals surface area contributed by atoms with E-state index in [0.717, 1.165) is 6.26 Å². The first-order chi connectivity index (χ1) is 12.0. The van der Waals surface area contributed by atoms with Gasteiger partial charge in [0.25, 0.3) is 5.91 Å². The molecule has 0 fully saturated rings. The van der Waals surface area contributed by atoms with E-state index in [1.807, 2.05) is 0 Å². The van der Waals surface area contributed by atoms with E-state index in [-0.39, 0.29) is 19.0 Å². The zero-order valence-corrected chi connectivity index (χ0v) is 17.2. The van der Waals surface area contributed by atoms with Crippen molar-refractivity contribution in [2.75, 3.05) is 40.7 Å². The fraction of sp³-hybridized carbons (Fsp3) is 0.588. The Morgan fingerprint density at radius 1 is 1.08 bits per heavy atom. The molecule has 0 spiro atoms. The number of rotatable bonds is 8. The van der Waals surface area contributed by atoms with Crippen LogP contribution in [-0.2, 0) is 10.0 Å². The fourth-order valence-electron chi connectivity index (χ4n) is 2.58. The van der Waals surface area contributed by atoms with Gasteiger partial charge in [0.15, 0.2) is 11.5 Å². The van der Waals surface area contributed by atoms with Crippen molar-refractivity contribution in [3.05, 3.63) is 17.7 Å². The highest BCUT2D eigenvalue weighted by atomic mass is 32.2. The zero-order chi connectivity index (χ0) is 20.1. The summed E-state index contributed by atoms with van der Waals surface area (Å²) in [7, 11) is 1.02. The van der Waals surface area contributed by atoms with Crippen molar-refractivity contribution < 1.29 is 27.4 Å². The molecule has 1 rings (SSSR count). The lowest BCUT2D eigenvalue weighted by Gasteiger charge is -2.33. The molecule has 1 aromatic carbocycles. The summed E-state index contributed by atoms with van der Waals surface area (Å²) < 4.78 is 40.9. The minimum atomic E-state index is -3.39. The van der Waals surface area contributed by atoms with Crippen LogP contribution in [0.4, 0.5) is 0 Å². The second-order valence-corrected chi connectivity index (χ2v) is 8.58.